The van der Waals surface area contributed by atoms with Crippen LogP contribution in [0.5, 0.6) is 0 Å². The second kappa shape index (κ2) is 3.49. The van der Waals surface area contributed by atoms with Crippen LogP contribution in [0.3, 0.4) is 0 Å². The van der Waals surface area contributed by atoms with Gasteiger partial charge in [0, 0.05) is 0 Å². The van der Waals surface area contributed by atoms with Crippen molar-refractivity contribution in [2.75, 3.05) is 13.2 Å². The first-order chi connectivity index (χ1) is 4.88. The molecule has 2 unspecified atom stereocenters. The van der Waals surface area contributed by atoms with Crippen molar-refractivity contribution in [3.8, 4) is 0 Å². The Balaban J connectivity index is 1.96. The molecule has 0 saturated carbocycles. The fraction of sp³-hybridized carbons (Fsp3) is 0.571. The van der Waals surface area contributed by atoms with Crippen LogP contribution in [0.1, 0.15) is 0 Å². The lowest BCUT2D eigenvalue weighted by atomic mass is 10.3. The second-order valence-electron chi connectivity index (χ2n) is 2.10. The Kier molecular flexibility index (Phi) is 2.59. The minimum Gasteiger partial charge on any atom is -0.375 e. The number of carbonyl (C=O) groups excluding carboxylic acids is 1. The monoisotopic (exact) mass is 142 g/mol. The second-order valence-corrected chi connectivity index (χ2v) is 2.10. The van der Waals surface area contributed by atoms with Gasteiger partial charge in [-0.2, -0.15) is 0 Å². The molecule has 3 nitrogen and oxygen atoms in total. The smallest absolute Gasteiger partial charge is 0.151 e. The van der Waals surface area contributed by atoms with E-state index in [4.69, 9.17) is 9.47 Å². The normalized spacial score (nSPS) is 29.6. The lowest BCUT2D eigenvalue weighted by molar-refractivity contribution is -0.108. The maximum Gasteiger partial charge on any atom is 0.151 e. The Morgan fingerprint density at radius 1 is 1.70 bits per heavy atom. The van der Waals surface area contributed by atoms with Gasteiger partial charge in [0.05, 0.1) is 13.2 Å². The molecule has 0 aromatic carbocycles. The van der Waals surface area contributed by atoms with Crippen LogP contribution in [0.4, 0.5) is 0 Å². The van der Waals surface area contributed by atoms with E-state index in [9.17, 15) is 4.79 Å². The highest BCUT2D eigenvalue weighted by molar-refractivity contribution is 5.60. The van der Waals surface area contributed by atoms with E-state index in [-0.39, 0.29) is 12.2 Å². The highest BCUT2D eigenvalue weighted by Gasteiger charge is 2.38. The first-order valence-electron chi connectivity index (χ1n) is 3.18. The molecule has 10 heavy (non-hydrogen) atoms. The van der Waals surface area contributed by atoms with Crippen molar-refractivity contribution in [1.29, 1.82) is 0 Å². The van der Waals surface area contributed by atoms with Gasteiger partial charge in [0.25, 0.3) is 0 Å². The average Bonchev–Trinajstić information content (AvgIpc) is 2.68. The van der Waals surface area contributed by atoms with E-state index < -0.39 is 0 Å². The van der Waals surface area contributed by atoms with E-state index in [1.54, 1.807) is 6.08 Å². The van der Waals surface area contributed by atoms with E-state index in [0.29, 0.717) is 13.2 Å². The van der Waals surface area contributed by atoms with Crippen molar-refractivity contribution >= 4 is 6.29 Å². The zero-order chi connectivity index (χ0) is 7.40. The number of aldehydes is 1. The summed E-state index contributed by atoms with van der Waals surface area (Å²) in [6.07, 6.45) is 2.24. The van der Waals surface area contributed by atoms with Gasteiger partial charge in [-0.15, -0.1) is 6.58 Å². The topological polar surface area (TPSA) is 38.8 Å². The summed E-state index contributed by atoms with van der Waals surface area (Å²) in [6, 6.07) is 0. The zero-order valence-corrected chi connectivity index (χ0v) is 5.66. The molecule has 0 radical (unpaired) electrons. The molecule has 0 aliphatic carbocycles. The molecule has 0 bridgehead atoms. The van der Waals surface area contributed by atoms with Crippen molar-refractivity contribution in [3.63, 3.8) is 0 Å². The van der Waals surface area contributed by atoms with Crippen LogP contribution in [0.2, 0.25) is 0 Å². The molecule has 0 spiro atoms. The van der Waals surface area contributed by atoms with Gasteiger partial charge < -0.3 is 14.3 Å². The lowest BCUT2D eigenvalue weighted by Crippen LogP contribution is -2.05. The molecule has 0 N–H and O–H groups in total. The Hall–Kier alpha value is -0.670. The standard InChI is InChI=1S/C7H10O3/c1-2-3-9-5-7-6(4-8)10-7/h2,4,6-7H,1,3,5H2. The maximum atomic E-state index is 10.0. The van der Waals surface area contributed by atoms with Crippen molar-refractivity contribution in [3.05, 3.63) is 12.7 Å². The lowest BCUT2D eigenvalue weighted by Gasteiger charge is -1.93. The molecule has 0 aromatic heterocycles. The number of rotatable bonds is 5. The Morgan fingerprint density at radius 2 is 2.50 bits per heavy atom. The SMILES string of the molecule is C=CCOCC1OC1C=O. The molecular formula is C7H10O3. The summed E-state index contributed by atoms with van der Waals surface area (Å²) in [6.45, 7) is 4.50. The van der Waals surface area contributed by atoms with Crippen LogP contribution >= 0.6 is 0 Å². The summed E-state index contributed by atoms with van der Waals surface area (Å²) in [5.41, 5.74) is 0. The molecular weight excluding hydrogens is 132 g/mol. The molecule has 1 aliphatic rings. The third kappa shape index (κ3) is 1.93. The van der Waals surface area contributed by atoms with Crippen LogP contribution < -0.4 is 0 Å². The summed E-state index contributed by atoms with van der Waals surface area (Å²) in [7, 11) is 0. The maximum absolute atomic E-state index is 10.0. The molecule has 0 amide bonds. The quantitative estimate of drug-likeness (QED) is 0.237. The summed E-state index contributed by atoms with van der Waals surface area (Å²) in [5, 5.41) is 0. The van der Waals surface area contributed by atoms with Crippen molar-refractivity contribution in [1.82, 2.24) is 0 Å². The van der Waals surface area contributed by atoms with Gasteiger partial charge in [0.15, 0.2) is 6.29 Å². The van der Waals surface area contributed by atoms with E-state index in [0.717, 1.165) is 6.29 Å². The first kappa shape index (κ1) is 7.44. The first-order valence-corrected chi connectivity index (χ1v) is 3.18. The van der Waals surface area contributed by atoms with Crippen molar-refractivity contribution < 1.29 is 14.3 Å². The van der Waals surface area contributed by atoms with Crippen molar-refractivity contribution in [2.24, 2.45) is 0 Å². The molecule has 56 valence electrons. The fourth-order valence-electron chi connectivity index (χ4n) is 0.678. The van der Waals surface area contributed by atoms with E-state index in [1.807, 2.05) is 0 Å². The Morgan fingerprint density at radius 3 is 3.00 bits per heavy atom. The van der Waals surface area contributed by atoms with Crippen LogP contribution in [-0.4, -0.2) is 31.7 Å². The van der Waals surface area contributed by atoms with Crippen LogP contribution in [0.25, 0.3) is 0 Å². The highest BCUT2D eigenvalue weighted by Crippen LogP contribution is 2.19. The van der Waals surface area contributed by atoms with Crippen LogP contribution in [-0.2, 0) is 14.3 Å². The van der Waals surface area contributed by atoms with Crippen LogP contribution in [0.15, 0.2) is 12.7 Å². The molecule has 1 rings (SSSR count). The molecule has 1 heterocycles. The fourth-order valence-corrected chi connectivity index (χ4v) is 0.678. The molecule has 3 heteroatoms. The minimum atomic E-state index is -0.218. The predicted molar refractivity (Wildman–Crippen MR) is 35.7 cm³/mol. The van der Waals surface area contributed by atoms with Gasteiger partial charge in [-0.1, -0.05) is 6.08 Å². The number of hydrogen-bond donors (Lipinski definition) is 0. The number of epoxide rings is 1. The Labute approximate surface area is 59.6 Å². The predicted octanol–water partition coefficient (Wildman–Crippen LogP) is 0.155. The number of hydrogen-bond acceptors (Lipinski definition) is 3. The molecule has 1 fully saturated rings. The van der Waals surface area contributed by atoms with Crippen LogP contribution in [0, 0.1) is 0 Å². The van der Waals surface area contributed by atoms with E-state index >= 15 is 0 Å². The molecule has 0 aromatic rings. The molecule has 1 aliphatic heterocycles. The van der Waals surface area contributed by atoms with Gasteiger partial charge in [-0.3, -0.25) is 0 Å². The Bertz CT molecular complexity index is 133. The summed E-state index contributed by atoms with van der Waals surface area (Å²) in [5.74, 6) is 0. The van der Waals surface area contributed by atoms with Gasteiger partial charge in [-0.05, 0) is 0 Å². The zero-order valence-electron chi connectivity index (χ0n) is 5.66. The summed E-state index contributed by atoms with van der Waals surface area (Å²) >= 11 is 0. The average molecular weight is 142 g/mol. The molecule has 2 atom stereocenters. The minimum absolute atomic E-state index is 0.00236. The largest absolute Gasteiger partial charge is 0.375 e. The van der Waals surface area contributed by atoms with Gasteiger partial charge in [-0.25, -0.2) is 0 Å². The molecule has 1 saturated heterocycles. The van der Waals surface area contributed by atoms with E-state index in [1.165, 1.54) is 0 Å². The van der Waals surface area contributed by atoms with Crippen molar-refractivity contribution in [2.45, 2.75) is 12.2 Å². The van der Waals surface area contributed by atoms with Gasteiger partial charge in [0.2, 0.25) is 0 Å². The van der Waals surface area contributed by atoms with Gasteiger partial charge >= 0.3 is 0 Å². The number of carbonyl (C=O) groups is 1. The van der Waals surface area contributed by atoms with Gasteiger partial charge in [0.1, 0.15) is 12.2 Å². The third-order valence-corrected chi connectivity index (χ3v) is 1.27. The van der Waals surface area contributed by atoms with E-state index in [2.05, 4.69) is 6.58 Å². The third-order valence-electron chi connectivity index (χ3n) is 1.27. The summed E-state index contributed by atoms with van der Waals surface area (Å²) in [4.78, 5) is 10.0. The summed E-state index contributed by atoms with van der Waals surface area (Å²) < 4.78 is 9.92. The number of ether oxygens (including phenoxy) is 2. The highest BCUT2D eigenvalue weighted by atomic mass is 16.6.